The Kier molecular flexibility index (Phi) is 4.19. The molecule has 0 spiro atoms. The molecule has 0 saturated heterocycles. The van der Waals surface area contributed by atoms with Gasteiger partial charge in [0.25, 0.3) is 0 Å². The number of carbonyl (C=O) groups is 2. The highest BCUT2D eigenvalue weighted by Crippen LogP contribution is 2.38. The first kappa shape index (κ1) is 16.3. The number of hydrogen-bond donors (Lipinski definition) is 4. The molecule has 7 heteroatoms. The summed E-state index contributed by atoms with van der Waals surface area (Å²) in [4.78, 5) is 26.1. The summed E-state index contributed by atoms with van der Waals surface area (Å²) in [6.07, 6.45) is 1.15. The van der Waals surface area contributed by atoms with Crippen LogP contribution < -0.4 is 10.1 Å². The fourth-order valence-corrected chi connectivity index (χ4v) is 3.47. The average molecular weight is 332 g/mol. The zero-order valence-corrected chi connectivity index (χ0v) is 13.4. The summed E-state index contributed by atoms with van der Waals surface area (Å²) < 4.78 is 5.26. The molecule has 4 N–H and O–H groups in total. The Balaban J connectivity index is 2.08. The van der Waals surface area contributed by atoms with Gasteiger partial charge in [-0.1, -0.05) is 0 Å². The number of hydrogen-bond acceptors (Lipinski definition) is 4. The number of methoxy groups -OCH3 is 1. The molecular formula is C17H20N2O5. The molecule has 24 heavy (non-hydrogen) atoms. The molecule has 0 bridgehead atoms. The first-order valence-corrected chi connectivity index (χ1v) is 7.87. The first-order chi connectivity index (χ1) is 11.5. The van der Waals surface area contributed by atoms with Crippen LogP contribution in [-0.2, 0) is 21.5 Å². The Bertz CT molecular complexity index is 798. The van der Waals surface area contributed by atoms with Gasteiger partial charge in [0.2, 0.25) is 0 Å². The van der Waals surface area contributed by atoms with Crippen LogP contribution in [0.15, 0.2) is 18.2 Å². The number of aliphatic carboxylic acids is 2. The van der Waals surface area contributed by atoms with Crippen molar-refractivity contribution in [3.63, 3.8) is 0 Å². The Morgan fingerprint density at radius 3 is 2.79 bits per heavy atom. The van der Waals surface area contributed by atoms with E-state index in [1.807, 2.05) is 18.2 Å². The predicted octanol–water partition coefficient (Wildman–Crippen LogP) is 1.86. The van der Waals surface area contributed by atoms with E-state index in [9.17, 15) is 14.7 Å². The van der Waals surface area contributed by atoms with Crippen molar-refractivity contribution in [2.75, 3.05) is 13.7 Å². The van der Waals surface area contributed by atoms with Gasteiger partial charge in [-0.3, -0.25) is 10.1 Å². The second-order valence-corrected chi connectivity index (χ2v) is 6.02. The first-order valence-electron chi connectivity index (χ1n) is 7.87. The lowest BCUT2D eigenvalue weighted by Crippen LogP contribution is -2.53. The van der Waals surface area contributed by atoms with Crippen molar-refractivity contribution in [2.45, 2.75) is 31.2 Å². The largest absolute Gasteiger partial charge is 0.497 e. The average Bonchev–Trinajstić information content (AvgIpc) is 2.93. The van der Waals surface area contributed by atoms with Crippen molar-refractivity contribution in [3.05, 3.63) is 29.5 Å². The van der Waals surface area contributed by atoms with E-state index in [-0.39, 0.29) is 19.3 Å². The second-order valence-electron chi connectivity index (χ2n) is 6.02. The predicted molar refractivity (Wildman–Crippen MR) is 87.4 cm³/mol. The molecule has 0 saturated carbocycles. The van der Waals surface area contributed by atoms with Crippen molar-refractivity contribution in [2.24, 2.45) is 0 Å². The van der Waals surface area contributed by atoms with E-state index in [2.05, 4.69) is 10.3 Å². The van der Waals surface area contributed by atoms with Gasteiger partial charge in [0, 0.05) is 23.9 Å². The van der Waals surface area contributed by atoms with E-state index < -0.39 is 17.5 Å². The number of H-pyrrole nitrogens is 1. The van der Waals surface area contributed by atoms with E-state index in [0.29, 0.717) is 18.7 Å². The van der Waals surface area contributed by atoms with Gasteiger partial charge in [-0.15, -0.1) is 0 Å². The normalized spacial score (nSPS) is 19.9. The minimum Gasteiger partial charge on any atom is -0.497 e. The molecule has 2 heterocycles. The van der Waals surface area contributed by atoms with Crippen LogP contribution in [0.4, 0.5) is 0 Å². The van der Waals surface area contributed by atoms with Crippen molar-refractivity contribution >= 4 is 22.8 Å². The fraction of sp³-hybridized carbons (Fsp3) is 0.412. The van der Waals surface area contributed by atoms with Crippen LogP contribution >= 0.6 is 0 Å². The maximum atomic E-state index is 12.1. The molecule has 0 aliphatic carbocycles. The minimum absolute atomic E-state index is 0.0555. The molecule has 3 rings (SSSR count). The molecule has 1 aromatic carbocycles. The molecule has 7 nitrogen and oxygen atoms in total. The van der Waals surface area contributed by atoms with Crippen LogP contribution in [-0.4, -0.2) is 40.8 Å². The number of rotatable bonds is 6. The van der Waals surface area contributed by atoms with E-state index >= 15 is 0 Å². The van der Waals surface area contributed by atoms with Crippen LogP contribution in [0.1, 0.15) is 30.5 Å². The van der Waals surface area contributed by atoms with Crippen molar-refractivity contribution in [1.82, 2.24) is 10.3 Å². The number of carboxylic acid groups (broad SMARTS) is 2. The molecule has 1 unspecified atom stereocenters. The third kappa shape index (κ3) is 2.60. The van der Waals surface area contributed by atoms with Gasteiger partial charge >= 0.3 is 11.9 Å². The number of aromatic nitrogens is 1. The van der Waals surface area contributed by atoms with E-state index in [4.69, 9.17) is 9.84 Å². The van der Waals surface area contributed by atoms with Gasteiger partial charge < -0.3 is 19.9 Å². The molecule has 2 aromatic rings. The second kappa shape index (κ2) is 6.16. The van der Waals surface area contributed by atoms with Crippen LogP contribution in [0.25, 0.3) is 10.9 Å². The van der Waals surface area contributed by atoms with Gasteiger partial charge in [0.05, 0.1) is 12.8 Å². The van der Waals surface area contributed by atoms with Gasteiger partial charge in [-0.2, -0.15) is 0 Å². The molecule has 0 radical (unpaired) electrons. The summed E-state index contributed by atoms with van der Waals surface area (Å²) in [5.41, 5.74) is 1.15. The zero-order chi connectivity index (χ0) is 17.3. The Morgan fingerprint density at radius 2 is 2.12 bits per heavy atom. The van der Waals surface area contributed by atoms with Crippen LogP contribution in [0.3, 0.4) is 0 Å². The Hall–Kier alpha value is -2.54. The van der Waals surface area contributed by atoms with Crippen molar-refractivity contribution in [1.29, 1.82) is 0 Å². The summed E-state index contributed by atoms with van der Waals surface area (Å²) >= 11 is 0. The molecule has 1 aliphatic rings. The number of ether oxygens (including phenoxy) is 1. The number of aromatic amines is 1. The lowest BCUT2D eigenvalue weighted by atomic mass is 9.83. The van der Waals surface area contributed by atoms with Gasteiger partial charge in [-0.05, 0) is 43.0 Å². The number of nitrogens with one attached hydrogen (secondary N) is 2. The minimum atomic E-state index is -1.28. The van der Waals surface area contributed by atoms with Crippen molar-refractivity contribution < 1.29 is 24.5 Å². The molecule has 0 fully saturated rings. The molecule has 1 atom stereocenters. The number of fused-ring (bicyclic) bond motifs is 3. The van der Waals surface area contributed by atoms with Gasteiger partial charge in [0.1, 0.15) is 5.75 Å². The SMILES string of the molecule is COc1ccc2[nH]c3c(c2c1)CCNC3(CCCC(=O)O)C(=O)O. The third-order valence-electron chi connectivity index (χ3n) is 4.65. The highest BCUT2D eigenvalue weighted by molar-refractivity contribution is 5.91. The summed E-state index contributed by atoms with van der Waals surface area (Å²) in [6, 6.07) is 5.60. The monoisotopic (exact) mass is 332 g/mol. The summed E-state index contributed by atoms with van der Waals surface area (Å²) in [5.74, 6) is -1.20. The molecule has 0 amide bonds. The van der Waals surface area contributed by atoms with E-state index in [0.717, 1.165) is 22.2 Å². The van der Waals surface area contributed by atoms with Gasteiger partial charge in [-0.25, -0.2) is 4.79 Å². The van der Waals surface area contributed by atoms with E-state index in [1.165, 1.54) is 0 Å². The van der Waals surface area contributed by atoms with Crippen molar-refractivity contribution in [3.8, 4) is 5.75 Å². The fourth-order valence-electron chi connectivity index (χ4n) is 3.47. The number of benzene rings is 1. The summed E-state index contributed by atoms with van der Waals surface area (Å²) in [7, 11) is 1.59. The molecule has 1 aromatic heterocycles. The Morgan fingerprint density at radius 1 is 1.33 bits per heavy atom. The van der Waals surface area contributed by atoms with Crippen LogP contribution in [0.2, 0.25) is 0 Å². The lowest BCUT2D eigenvalue weighted by molar-refractivity contribution is -0.147. The maximum Gasteiger partial charge on any atom is 0.330 e. The summed E-state index contributed by atoms with van der Waals surface area (Å²) in [6.45, 7) is 0.524. The molecule has 128 valence electrons. The lowest BCUT2D eigenvalue weighted by Gasteiger charge is -2.34. The van der Waals surface area contributed by atoms with Gasteiger partial charge in [0.15, 0.2) is 5.54 Å². The zero-order valence-electron chi connectivity index (χ0n) is 13.4. The third-order valence-corrected chi connectivity index (χ3v) is 4.65. The van der Waals surface area contributed by atoms with E-state index in [1.54, 1.807) is 7.11 Å². The standard InChI is InChI=1S/C17H20N2O5/c1-24-10-4-5-13-12(9-10)11-6-8-18-17(16(22)23,15(11)19-13)7-2-3-14(20)21/h4-5,9,18-19H,2-3,6-8H2,1H3,(H,20,21)(H,22,23). The smallest absolute Gasteiger partial charge is 0.330 e. The highest BCUT2D eigenvalue weighted by atomic mass is 16.5. The quantitative estimate of drug-likeness (QED) is 0.642. The van der Waals surface area contributed by atoms with Crippen LogP contribution in [0, 0.1) is 0 Å². The topological polar surface area (TPSA) is 112 Å². The summed E-state index contributed by atoms with van der Waals surface area (Å²) in [5, 5.41) is 22.8. The van der Waals surface area contributed by atoms with Crippen LogP contribution in [0.5, 0.6) is 5.75 Å². The highest BCUT2D eigenvalue weighted by Gasteiger charge is 2.45. The molecule has 1 aliphatic heterocycles. The number of carboxylic acids is 2. The molecular weight excluding hydrogens is 312 g/mol. The Labute approximate surface area is 138 Å². The maximum absolute atomic E-state index is 12.1.